The van der Waals surface area contributed by atoms with Crippen LogP contribution in [0.4, 0.5) is 4.39 Å². The minimum absolute atomic E-state index is 0.345. The molecule has 1 N–H and O–H groups in total. The molecule has 0 aromatic heterocycles. The lowest BCUT2D eigenvalue weighted by Gasteiger charge is -2.51. The average Bonchev–Trinajstić information content (AvgIpc) is 2.42. The number of hydrogen-bond donors (Lipinski definition) is 1. The maximum absolute atomic E-state index is 13.2. The summed E-state index contributed by atoms with van der Waals surface area (Å²) in [5.74, 6) is 0. The van der Waals surface area contributed by atoms with Crippen LogP contribution in [-0.4, -0.2) is 65.4 Å². The Kier molecular flexibility index (Phi) is 4.11. The Labute approximate surface area is 115 Å². The van der Waals surface area contributed by atoms with Gasteiger partial charge in [-0.25, -0.2) is 4.39 Å². The highest BCUT2D eigenvalue weighted by Gasteiger charge is 2.45. The smallest absolute Gasteiger partial charge is 0.103 e. The number of alkyl halides is 1. The van der Waals surface area contributed by atoms with Gasteiger partial charge >= 0.3 is 0 Å². The molecule has 0 aliphatic carbocycles. The molecular weight excluding hydrogens is 243 g/mol. The molecule has 110 valence electrons. The number of aliphatic hydroxyl groups is 1. The Morgan fingerprint density at radius 1 is 1.00 bits per heavy atom. The molecule has 3 aliphatic heterocycles. The van der Waals surface area contributed by atoms with Crippen LogP contribution in [0.1, 0.15) is 44.9 Å². The van der Waals surface area contributed by atoms with E-state index in [1.165, 1.54) is 12.8 Å². The summed E-state index contributed by atoms with van der Waals surface area (Å²) < 4.78 is 13.2. The van der Waals surface area contributed by atoms with Gasteiger partial charge in [-0.3, -0.25) is 4.90 Å². The van der Waals surface area contributed by atoms with E-state index in [0.29, 0.717) is 18.9 Å². The van der Waals surface area contributed by atoms with Gasteiger partial charge in [0.05, 0.1) is 5.60 Å². The Balaban J connectivity index is 1.63. The van der Waals surface area contributed by atoms with Crippen molar-refractivity contribution in [2.24, 2.45) is 0 Å². The monoisotopic (exact) mass is 270 g/mol. The summed E-state index contributed by atoms with van der Waals surface area (Å²) in [6.45, 7) is 4.69. The number of hydrogen-bond acceptors (Lipinski definition) is 3. The van der Waals surface area contributed by atoms with Crippen molar-refractivity contribution in [2.45, 2.75) is 62.8 Å². The van der Waals surface area contributed by atoms with E-state index in [1.54, 1.807) is 0 Å². The maximum atomic E-state index is 13.2. The second-order valence-corrected chi connectivity index (χ2v) is 6.71. The second-order valence-electron chi connectivity index (χ2n) is 6.71. The molecule has 0 radical (unpaired) electrons. The molecule has 3 nitrogen and oxygen atoms in total. The van der Waals surface area contributed by atoms with Gasteiger partial charge in [0.15, 0.2) is 0 Å². The van der Waals surface area contributed by atoms with Crippen LogP contribution < -0.4 is 0 Å². The Bertz CT molecular complexity index is 305. The molecule has 0 saturated carbocycles. The lowest BCUT2D eigenvalue weighted by molar-refractivity contribution is -0.112. The topological polar surface area (TPSA) is 26.7 Å². The molecule has 0 bridgehead atoms. The summed E-state index contributed by atoms with van der Waals surface area (Å²) in [5.41, 5.74) is -0.554. The van der Waals surface area contributed by atoms with E-state index < -0.39 is 11.8 Å². The first-order valence-electron chi connectivity index (χ1n) is 8.00. The molecule has 19 heavy (non-hydrogen) atoms. The molecule has 3 heterocycles. The SMILES string of the molecule is O[C@@]1(CN2CCC(F)CC2)CCCN2CCCC[C@@H]21. The van der Waals surface area contributed by atoms with Crippen molar-refractivity contribution < 1.29 is 9.50 Å². The van der Waals surface area contributed by atoms with E-state index in [9.17, 15) is 9.50 Å². The van der Waals surface area contributed by atoms with Gasteiger partial charge in [-0.1, -0.05) is 6.42 Å². The van der Waals surface area contributed by atoms with Gasteiger partial charge in [-0.2, -0.15) is 0 Å². The first-order valence-corrected chi connectivity index (χ1v) is 8.00. The summed E-state index contributed by atoms with van der Waals surface area (Å²) in [6.07, 6.45) is 6.35. The van der Waals surface area contributed by atoms with Gasteiger partial charge in [-0.05, 0) is 51.6 Å². The average molecular weight is 270 g/mol. The fourth-order valence-corrected chi connectivity index (χ4v) is 4.25. The van der Waals surface area contributed by atoms with Gasteiger partial charge in [0.1, 0.15) is 6.17 Å². The lowest BCUT2D eigenvalue weighted by atomic mass is 9.79. The van der Waals surface area contributed by atoms with Gasteiger partial charge in [0, 0.05) is 25.7 Å². The van der Waals surface area contributed by atoms with Crippen molar-refractivity contribution in [3.05, 3.63) is 0 Å². The second kappa shape index (κ2) is 5.66. The zero-order chi connectivity index (χ0) is 13.3. The summed E-state index contributed by atoms with van der Waals surface area (Å²) in [4.78, 5) is 4.78. The fraction of sp³-hybridized carbons (Fsp3) is 1.00. The highest BCUT2D eigenvalue weighted by atomic mass is 19.1. The number of fused-ring (bicyclic) bond motifs is 1. The lowest BCUT2D eigenvalue weighted by Crippen LogP contribution is -2.63. The molecule has 4 heteroatoms. The van der Waals surface area contributed by atoms with E-state index in [-0.39, 0.29) is 0 Å². The highest BCUT2D eigenvalue weighted by molar-refractivity contribution is 5.00. The molecule has 0 spiro atoms. The van der Waals surface area contributed by atoms with E-state index in [1.807, 2.05) is 0 Å². The van der Waals surface area contributed by atoms with Crippen LogP contribution in [-0.2, 0) is 0 Å². The van der Waals surface area contributed by atoms with Crippen molar-refractivity contribution in [1.29, 1.82) is 0 Å². The summed E-state index contributed by atoms with van der Waals surface area (Å²) in [6, 6.07) is 0.345. The Morgan fingerprint density at radius 2 is 1.74 bits per heavy atom. The van der Waals surface area contributed by atoms with Crippen LogP contribution in [0.5, 0.6) is 0 Å². The zero-order valence-electron chi connectivity index (χ0n) is 11.9. The Hall–Kier alpha value is -0.190. The van der Waals surface area contributed by atoms with E-state index in [0.717, 1.165) is 52.0 Å². The van der Waals surface area contributed by atoms with Crippen molar-refractivity contribution >= 4 is 0 Å². The molecule has 0 aromatic rings. The van der Waals surface area contributed by atoms with Crippen LogP contribution in [0.3, 0.4) is 0 Å². The number of nitrogens with zero attached hydrogens (tertiary/aromatic N) is 2. The quantitative estimate of drug-likeness (QED) is 0.829. The maximum Gasteiger partial charge on any atom is 0.103 e. The van der Waals surface area contributed by atoms with Crippen LogP contribution in [0.15, 0.2) is 0 Å². The minimum atomic E-state index is -0.622. The Morgan fingerprint density at radius 3 is 2.53 bits per heavy atom. The van der Waals surface area contributed by atoms with E-state index >= 15 is 0 Å². The molecule has 2 atom stereocenters. The first kappa shape index (κ1) is 13.8. The van der Waals surface area contributed by atoms with Crippen molar-refractivity contribution in [3.63, 3.8) is 0 Å². The number of rotatable bonds is 2. The van der Waals surface area contributed by atoms with Crippen molar-refractivity contribution in [1.82, 2.24) is 9.80 Å². The van der Waals surface area contributed by atoms with Crippen molar-refractivity contribution in [3.8, 4) is 0 Å². The van der Waals surface area contributed by atoms with Crippen LogP contribution in [0.2, 0.25) is 0 Å². The van der Waals surface area contributed by atoms with Gasteiger partial charge in [0.2, 0.25) is 0 Å². The molecule has 3 fully saturated rings. The summed E-state index contributed by atoms with van der Waals surface area (Å²) in [7, 11) is 0. The van der Waals surface area contributed by atoms with Gasteiger partial charge < -0.3 is 10.0 Å². The molecule has 3 aliphatic rings. The third-order valence-electron chi connectivity index (χ3n) is 5.30. The van der Waals surface area contributed by atoms with Gasteiger partial charge in [-0.15, -0.1) is 0 Å². The predicted octanol–water partition coefficient (Wildman–Crippen LogP) is 1.80. The third kappa shape index (κ3) is 2.96. The van der Waals surface area contributed by atoms with Gasteiger partial charge in [0.25, 0.3) is 0 Å². The fourth-order valence-electron chi connectivity index (χ4n) is 4.25. The molecule has 3 rings (SSSR count). The highest BCUT2D eigenvalue weighted by Crippen LogP contribution is 2.35. The third-order valence-corrected chi connectivity index (χ3v) is 5.30. The molecule has 0 aromatic carbocycles. The number of halogens is 1. The predicted molar refractivity (Wildman–Crippen MR) is 74.0 cm³/mol. The van der Waals surface area contributed by atoms with Crippen LogP contribution in [0.25, 0.3) is 0 Å². The van der Waals surface area contributed by atoms with Crippen molar-refractivity contribution in [2.75, 3.05) is 32.7 Å². The molecular formula is C15H27FN2O. The standard InChI is InChI=1S/C15H27FN2O/c16-13-5-10-17(11-6-13)12-15(19)7-3-9-18-8-2-1-4-14(15)18/h13-14,19H,1-12H2/t14-,15-/m1/s1. The summed E-state index contributed by atoms with van der Waals surface area (Å²) >= 11 is 0. The normalized spacial score (nSPS) is 39.2. The largest absolute Gasteiger partial charge is 0.387 e. The molecule has 3 saturated heterocycles. The van der Waals surface area contributed by atoms with E-state index in [4.69, 9.17) is 0 Å². The number of piperidine rings is 3. The first-order chi connectivity index (χ1) is 9.17. The molecule has 0 amide bonds. The zero-order valence-corrected chi connectivity index (χ0v) is 11.9. The molecule has 0 unspecified atom stereocenters. The number of likely N-dealkylation sites (tertiary alicyclic amines) is 1. The van der Waals surface area contributed by atoms with Crippen LogP contribution >= 0.6 is 0 Å². The minimum Gasteiger partial charge on any atom is -0.387 e. The number of β-amino-alcohol motifs (C(OH)–C–C–N with tert-alkyl or cyclic N) is 1. The van der Waals surface area contributed by atoms with E-state index in [2.05, 4.69) is 9.80 Å². The van der Waals surface area contributed by atoms with Crippen LogP contribution in [0, 0.1) is 0 Å². The summed E-state index contributed by atoms with van der Waals surface area (Å²) in [5, 5.41) is 11.1.